The van der Waals surface area contributed by atoms with Gasteiger partial charge in [-0.3, -0.25) is 5.41 Å². The molecule has 4 heteroatoms. The molecule has 18 heavy (non-hydrogen) atoms. The number of rotatable bonds is 4. The maximum absolute atomic E-state index is 7.65. The summed E-state index contributed by atoms with van der Waals surface area (Å²) in [6.45, 7) is 0.714. The van der Waals surface area contributed by atoms with Crippen molar-refractivity contribution in [2.24, 2.45) is 11.7 Å². The molecule has 0 atom stereocenters. The number of nitrogens with two attached hydrogens (primary N) is 1. The molecule has 1 fully saturated rings. The summed E-state index contributed by atoms with van der Waals surface area (Å²) in [7, 11) is 0. The first-order valence-electron chi connectivity index (χ1n) is 6.74. The summed E-state index contributed by atoms with van der Waals surface area (Å²) in [5.41, 5.74) is 8.67. The summed E-state index contributed by atoms with van der Waals surface area (Å²) in [6.07, 6.45) is 6.97. The minimum atomic E-state index is 0.0571. The van der Waals surface area contributed by atoms with Crippen LogP contribution in [0.25, 0.3) is 0 Å². The monoisotopic (exact) mass is 245 g/mol. The number of fused-ring (bicyclic) bond motifs is 1. The predicted molar refractivity (Wildman–Crippen MR) is 70.1 cm³/mol. The predicted octanol–water partition coefficient (Wildman–Crippen LogP) is 2.03. The van der Waals surface area contributed by atoms with Crippen LogP contribution in [-0.4, -0.2) is 17.4 Å². The van der Waals surface area contributed by atoms with Gasteiger partial charge in [-0.15, -0.1) is 0 Å². The van der Waals surface area contributed by atoms with Crippen molar-refractivity contribution in [3.8, 4) is 5.88 Å². The Balaban J connectivity index is 1.90. The van der Waals surface area contributed by atoms with Crippen LogP contribution >= 0.6 is 0 Å². The molecular formula is C14H19N3O. The molecule has 0 radical (unpaired) electrons. The van der Waals surface area contributed by atoms with Crippen molar-refractivity contribution in [3.63, 3.8) is 0 Å². The Bertz CT molecular complexity index is 480. The fraction of sp³-hybridized carbons (Fsp3) is 0.571. The molecule has 1 saturated carbocycles. The van der Waals surface area contributed by atoms with Crippen molar-refractivity contribution in [2.45, 2.75) is 38.5 Å². The number of hydrogen-bond acceptors (Lipinski definition) is 3. The van der Waals surface area contributed by atoms with E-state index in [0.29, 0.717) is 24.0 Å². The maximum Gasteiger partial charge on any atom is 0.224 e. The van der Waals surface area contributed by atoms with Gasteiger partial charge in [0.15, 0.2) is 0 Å². The van der Waals surface area contributed by atoms with E-state index >= 15 is 0 Å². The zero-order chi connectivity index (χ0) is 12.5. The summed E-state index contributed by atoms with van der Waals surface area (Å²) in [5.74, 6) is 1.30. The molecule has 1 heterocycles. The van der Waals surface area contributed by atoms with E-state index in [9.17, 15) is 0 Å². The molecular weight excluding hydrogens is 226 g/mol. The summed E-state index contributed by atoms with van der Waals surface area (Å²) >= 11 is 0. The normalized spacial score (nSPS) is 18.2. The minimum absolute atomic E-state index is 0.0571. The van der Waals surface area contributed by atoms with Crippen LogP contribution < -0.4 is 10.5 Å². The van der Waals surface area contributed by atoms with Crippen molar-refractivity contribution in [2.75, 3.05) is 6.61 Å². The largest absolute Gasteiger partial charge is 0.477 e. The third kappa shape index (κ3) is 2.33. The minimum Gasteiger partial charge on any atom is -0.477 e. The highest BCUT2D eigenvalue weighted by Crippen LogP contribution is 2.31. The fourth-order valence-electron chi connectivity index (χ4n) is 2.40. The number of pyridine rings is 1. The van der Waals surface area contributed by atoms with Gasteiger partial charge in [0.2, 0.25) is 5.88 Å². The van der Waals surface area contributed by atoms with Gasteiger partial charge in [0, 0.05) is 5.69 Å². The number of aryl methyl sites for hydroxylation is 2. The van der Waals surface area contributed by atoms with Crippen LogP contribution in [0, 0.1) is 11.3 Å². The highest BCUT2D eigenvalue weighted by atomic mass is 16.5. The van der Waals surface area contributed by atoms with Crippen LogP contribution in [0.2, 0.25) is 0 Å². The molecule has 0 bridgehead atoms. The zero-order valence-electron chi connectivity index (χ0n) is 10.5. The molecule has 0 aromatic carbocycles. The highest BCUT2D eigenvalue weighted by Gasteiger charge is 2.24. The van der Waals surface area contributed by atoms with Gasteiger partial charge in [-0.1, -0.05) is 0 Å². The van der Waals surface area contributed by atoms with E-state index in [1.54, 1.807) is 0 Å². The summed E-state index contributed by atoms with van der Waals surface area (Å²) < 4.78 is 5.76. The first-order chi connectivity index (χ1) is 8.74. The van der Waals surface area contributed by atoms with E-state index in [1.165, 1.54) is 31.2 Å². The van der Waals surface area contributed by atoms with Crippen LogP contribution in [-0.2, 0) is 12.8 Å². The van der Waals surface area contributed by atoms with E-state index in [-0.39, 0.29) is 5.84 Å². The van der Waals surface area contributed by atoms with Gasteiger partial charge in [-0.2, -0.15) is 0 Å². The quantitative estimate of drug-likeness (QED) is 0.629. The van der Waals surface area contributed by atoms with Gasteiger partial charge in [-0.25, -0.2) is 4.98 Å². The number of amidine groups is 1. The Morgan fingerprint density at radius 1 is 1.39 bits per heavy atom. The van der Waals surface area contributed by atoms with Crippen LogP contribution in [0.3, 0.4) is 0 Å². The molecule has 4 nitrogen and oxygen atoms in total. The molecule has 2 aliphatic rings. The van der Waals surface area contributed by atoms with E-state index in [4.69, 9.17) is 15.9 Å². The Morgan fingerprint density at radius 2 is 2.17 bits per heavy atom. The van der Waals surface area contributed by atoms with Crippen LogP contribution in [0.5, 0.6) is 5.88 Å². The molecule has 0 amide bonds. The SMILES string of the molecule is N=C(N)c1cc2c(nc1OCC1CC1)CCCC2. The Morgan fingerprint density at radius 3 is 2.89 bits per heavy atom. The molecule has 96 valence electrons. The van der Waals surface area contributed by atoms with Crippen molar-refractivity contribution < 1.29 is 4.74 Å². The van der Waals surface area contributed by atoms with Crippen LogP contribution in [0.1, 0.15) is 42.5 Å². The third-order valence-corrected chi connectivity index (χ3v) is 3.71. The van der Waals surface area contributed by atoms with Gasteiger partial charge in [0.05, 0.1) is 12.2 Å². The first kappa shape index (κ1) is 11.5. The van der Waals surface area contributed by atoms with Gasteiger partial charge in [0.25, 0.3) is 0 Å². The first-order valence-corrected chi connectivity index (χ1v) is 6.74. The topological polar surface area (TPSA) is 72.0 Å². The highest BCUT2D eigenvalue weighted by molar-refractivity contribution is 5.97. The molecule has 0 spiro atoms. The van der Waals surface area contributed by atoms with Crippen molar-refractivity contribution >= 4 is 5.84 Å². The summed E-state index contributed by atoms with van der Waals surface area (Å²) in [4.78, 5) is 4.59. The maximum atomic E-state index is 7.65. The lowest BCUT2D eigenvalue weighted by Gasteiger charge is -2.18. The molecule has 0 aliphatic heterocycles. The van der Waals surface area contributed by atoms with E-state index in [2.05, 4.69) is 4.98 Å². The molecule has 1 aromatic heterocycles. The van der Waals surface area contributed by atoms with Crippen molar-refractivity contribution in [1.29, 1.82) is 5.41 Å². The number of nitrogens with one attached hydrogen (secondary N) is 1. The molecule has 3 N–H and O–H groups in total. The average molecular weight is 245 g/mol. The average Bonchev–Trinajstić information content (AvgIpc) is 3.19. The Hall–Kier alpha value is -1.58. The van der Waals surface area contributed by atoms with Crippen LogP contribution in [0.15, 0.2) is 6.07 Å². The lowest BCUT2D eigenvalue weighted by molar-refractivity contribution is 0.286. The Labute approximate surface area is 107 Å². The van der Waals surface area contributed by atoms with Gasteiger partial charge < -0.3 is 10.5 Å². The number of aromatic nitrogens is 1. The van der Waals surface area contributed by atoms with Gasteiger partial charge >= 0.3 is 0 Å². The molecule has 2 aliphatic carbocycles. The van der Waals surface area contributed by atoms with Gasteiger partial charge in [-0.05, 0) is 56.1 Å². The molecule has 1 aromatic rings. The lowest BCUT2D eigenvalue weighted by atomic mass is 9.95. The summed E-state index contributed by atoms with van der Waals surface area (Å²) in [5, 5.41) is 7.65. The zero-order valence-corrected chi connectivity index (χ0v) is 10.5. The standard InChI is InChI=1S/C14H19N3O/c15-13(16)11-7-10-3-1-2-4-12(10)17-14(11)18-8-9-5-6-9/h7,9H,1-6,8H2,(H3,15,16). The molecule has 0 saturated heterocycles. The molecule has 3 rings (SSSR count). The smallest absolute Gasteiger partial charge is 0.224 e. The lowest BCUT2D eigenvalue weighted by Crippen LogP contribution is -2.18. The van der Waals surface area contributed by atoms with E-state index in [1.807, 2.05) is 6.07 Å². The fourth-order valence-corrected chi connectivity index (χ4v) is 2.40. The second kappa shape index (κ2) is 4.59. The van der Waals surface area contributed by atoms with Crippen molar-refractivity contribution in [1.82, 2.24) is 4.98 Å². The number of nitrogen functional groups attached to an aromatic ring is 1. The van der Waals surface area contributed by atoms with Gasteiger partial charge in [0.1, 0.15) is 5.84 Å². The van der Waals surface area contributed by atoms with E-state index < -0.39 is 0 Å². The van der Waals surface area contributed by atoms with Crippen LogP contribution in [0.4, 0.5) is 0 Å². The number of ether oxygens (including phenoxy) is 1. The second-order valence-electron chi connectivity index (χ2n) is 5.32. The van der Waals surface area contributed by atoms with Crippen molar-refractivity contribution in [3.05, 3.63) is 22.9 Å². The third-order valence-electron chi connectivity index (χ3n) is 3.71. The Kier molecular flexibility index (Phi) is 2.94. The number of nitrogens with zero attached hydrogens (tertiary/aromatic N) is 1. The number of hydrogen-bond donors (Lipinski definition) is 2. The second-order valence-corrected chi connectivity index (χ2v) is 5.32. The summed E-state index contributed by atoms with van der Waals surface area (Å²) in [6, 6.07) is 2.01. The van der Waals surface area contributed by atoms with E-state index in [0.717, 1.165) is 18.5 Å². The molecule has 0 unspecified atom stereocenters.